The van der Waals surface area contributed by atoms with Gasteiger partial charge in [-0.3, -0.25) is 4.57 Å². The summed E-state index contributed by atoms with van der Waals surface area (Å²) >= 11 is 0. The van der Waals surface area contributed by atoms with E-state index in [0.29, 0.717) is 29.4 Å². The van der Waals surface area contributed by atoms with Crippen molar-refractivity contribution in [3.63, 3.8) is 0 Å². The number of aromatic nitrogens is 4. The van der Waals surface area contributed by atoms with E-state index in [2.05, 4.69) is 25.1 Å². The fraction of sp³-hybridized carbons (Fsp3) is 0.645. The number of fused-ring (bicyclic) bond motifs is 1. The zero-order valence-corrected chi connectivity index (χ0v) is 24.0. The molecule has 0 spiro atoms. The van der Waals surface area contributed by atoms with Gasteiger partial charge in [0.1, 0.15) is 17.2 Å². The number of anilines is 3. The number of hydrogen-bond donors (Lipinski definition) is 2. The van der Waals surface area contributed by atoms with Crippen molar-refractivity contribution in [2.45, 2.75) is 89.1 Å². The van der Waals surface area contributed by atoms with Crippen molar-refractivity contribution >= 4 is 28.7 Å². The number of rotatable bonds is 10. The van der Waals surface area contributed by atoms with Crippen LogP contribution in [0.5, 0.6) is 0 Å². The molecule has 8 nitrogen and oxygen atoms in total. The summed E-state index contributed by atoms with van der Waals surface area (Å²) in [5.41, 5.74) is 1.59. The highest BCUT2D eigenvalue weighted by Crippen LogP contribution is 2.37. The van der Waals surface area contributed by atoms with Gasteiger partial charge in [0.15, 0.2) is 5.65 Å². The molecule has 3 aromatic rings. The van der Waals surface area contributed by atoms with Gasteiger partial charge in [-0.1, -0.05) is 25.7 Å². The topological polar surface area (TPSA) is 80.1 Å². The highest BCUT2D eigenvalue weighted by atomic mass is 19.1. The van der Waals surface area contributed by atoms with Crippen LogP contribution in [-0.2, 0) is 4.74 Å². The number of imidazole rings is 1. The van der Waals surface area contributed by atoms with Gasteiger partial charge < -0.3 is 20.3 Å². The largest absolute Gasteiger partial charge is 0.380 e. The van der Waals surface area contributed by atoms with Gasteiger partial charge in [-0.05, 0) is 82.5 Å². The number of piperidine rings is 1. The van der Waals surface area contributed by atoms with Gasteiger partial charge in [0.2, 0.25) is 11.9 Å². The van der Waals surface area contributed by atoms with E-state index in [1.807, 2.05) is 0 Å². The Bertz CT molecular complexity index is 1280. The van der Waals surface area contributed by atoms with E-state index in [-0.39, 0.29) is 11.7 Å². The molecule has 222 valence electrons. The molecule has 6 rings (SSSR count). The summed E-state index contributed by atoms with van der Waals surface area (Å²) in [7, 11) is 0. The predicted octanol–water partition coefficient (Wildman–Crippen LogP) is 6.83. The Labute approximate surface area is 241 Å². The molecule has 2 aromatic heterocycles. The second kappa shape index (κ2) is 13.4. The monoisotopic (exact) mass is 567 g/mol. The second-order valence-electron chi connectivity index (χ2n) is 12.1. The molecule has 3 aliphatic rings. The fourth-order valence-corrected chi connectivity index (χ4v) is 6.73. The zero-order valence-electron chi connectivity index (χ0n) is 24.0. The minimum Gasteiger partial charge on any atom is -0.380 e. The van der Waals surface area contributed by atoms with E-state index in [9.17, 15) is 8.78 Å². The maximum absolute atomic E-state index is 14.6. The molecule has 1 saturated heterocycles. The van der Waals surface area contributed by atoms with Crippen LogP contribution >= 0.6 is 0 Å². The van der Waals surface area contributed by atoms with Gasteiger partial charge in [-0.2, -0.15) is 4.98 Å². The van der Waals surface area contributed by atoms with Crippen molar-refractivity contribution in [1.29, 1.82) is 0 Å². The van der Waals surface area contributed by atoms with Crippen molar-refractivity contribution in [1.82, 2.24) is 24.4 Å². The van der Waals surface area contributed by atoms with E-state index >= 15 is 0 Å². The Morgan fingerprint density at radius 2 is 1.68 bits per heavy atom. The molecule has 2 saturated carbocycles. The van der Waals surface area contributed by atoms with E-state index in [0.717, 1.165) is 70.0 Å². The molecule has 0 amide bonds. The van der Waals surface area contributed by atoms with Crippen molar-refractivity contribution < 1.29 is 13.5 Å². The van der Waals surface area contributed by atoms with Crippen LogP contribution in [-0.4, -0.2) is 63.3 Å². The Morgan fingerprint density at radius 3 is 2.46 bits per heavy atom. The third kappa shape index (κ3) is 7.15. The van der Waals surface area contributed by atoms with Crippen LogP contribution in [0.3, 0.4) is 0 Å². The molecule has 1 aliphatic heterocycles. The van der Waals surface area contributed by atoms with Crippen molar-refractivity contribution in [2.75, 3.05) is 43.5 Å². The third-order valence-electron chi connectivity index (χ3n) is 9.08. The molecule has 3 heterocycles. The van der Waals surface area contributed by atoms with E-state index < -0.39 is 11.6 Å². The molecule has 1 aromatic carbocycles. The lowest BCUT2D eigenvalue weighted by Gasteiger charge is -2.31. The number of nitrogens with zero attached hydrogens (tertiary/aromatic N) is 5. The molecular weight excluding hydrogens is 524 g/mol. The normalized spacial score (nSPS) is 22.7. The van der Waals surface area contributed by atoms with Crippen LogP contribution in [0.25, 0.3) is 11.2 Å². The standard InChI is InChI=1S/C31H43F2N7O/c32-23-11-14-27(26(33)19-23)36-31-37-28-20-34-30(35-24-7-3-1-4-8-24)38-29(28)40(31)25-12-9-22(10-13-25)21-41-18-17-39-15-5-2-6-16-39/h11,14,19-20,22,24-25H,1-10,12-13,15-18,21H2,(H,36,37)(H,34,35,38). The predicted molar refractivity (Wildman–Crippen MR) is 158 cm³/mol. The molecule has 10 heteroatoms. The summed E-state index contributed by atoms with van der Waals surface area (Å²) in [5, 5.41) is 6.66. The Morgan fingerprint density at radius 1 is 0.902 bits per heavy atom. The van der Waals surface area contributed by atoms with Gasteiger partial charge in [0.05, 0.1) is 18.5 Å². The maximum atomic E-state index is 14.6. The summed E-state index contributed by atoms with van der Waals surface area (Å²) in [5.74, 6) is 0.394. The average molecular weight is 568 g/mol. The molecule has 3 fully saturated rings. The van der Waals surface area contributed by atoms with Crippen LogP contribution in [0.1, 0.15) is 83.1 Å². The van der Waals surface area contributed by atoms with Crippen LogP contribution < -0.4 is 10.6 Å². The van der Waals surface area contributed by atoms with Gasteiger partial charge in [-0.15, -0.1) is 0 Å². The van der Waals surface area contributed by atoms with E-state index in [1.54, 1.807) is 6.20 Å². The maximum Gasteiger partial charge on any atom is 0.224 e. The second-order valence-corrected chi connectivity index (χ2v) is 12.1. The van der Waals surface area contributed by atoms with E-state index in [4.69, 9.17) is 14.7 Å². The van der Waals surface area contributed by atoms with Crippen molar-refractivity contribution in [3.05, 3.63) is 36.0 Å². The number of hydrogen-bond acceptors (Lipinski definition) is 7. The minimum atomic E-state index is -0.653. The van der Waals surface area contributed by atoms with Gasteiger partial charge in [0, 0.05) is 31.3 Å². The Kier molecular flexibility index (Phi) is 9.25. The summed E-state index contributed by atoms with van der Waals surface area (Å²) in [6, 6.07) is 4.09. The van der Waals surface area contributed by atoms with Crippen LogP contribution in [0.2, 0.25) is 0 Å². The Hall–Kier alpha value is -2.85. The van der Waals surface area contributed by atoms with Gasteiger partial charge >= 0.3 is 0 Å². The lowest BCUT2D eigenvalue weighted by atomic mass is 9.86. The number of likely N-dealkylation sites (tertiary alicyclic amines) is 1. The quantitative estimate of drug-likeness (QED) is 0.260. The lowest BCUT2D eigenvalue weighted by molar-refractivity contribution is 0.0587. The molecule has 0 atom stereocenters. The fourth-order valence-electron chi connectivity index (χ4n) is 6.73. The van der Waals surface area contributed by atoms with Crippen LogP contribution in [0.4, 0.5) is 26.4 Å². The number of nitrogens with one attached hydrogen (secondary N) is 2. The SMILES string of the molecule is Fc1ccc(Nc2nc3cnc(NC4CCCCC4)nc3n2C2CCC(COCCN3CCCCC3)CC2)c(F)c1. The van der Waals surface area contributed by atoms with E-state index in [1.165, 1.54) is 63.7 Å². The van der Waals surface area contributed by atoms with Crippen molar-refractivity contribution in [2.24, 2.45) is 5.92 Å². The molecule has 2 aliphatic carbocycles. The molecule has 0 bridgehead atoms. The molecular formula is C31H43F2N7O. The van der Waals surface area contributed by atoms with Crippen LogP contribution in [0.15, 0.2) is 24.4 Å². The summed E-state index contributed by atoms with van der Waals surface area (Å²) < 4.78 is 36.4. The van der Waals surface area contributed by atoms with Gasteiger partial charge in [-0.25, -0.2) is 18.7 Å². The highest BCUT2D eigenvalue weighted by molar-refractivity contribution is 5.76. The summed E-state index contributed by atoms with van der Waals surface area (Å²) in [6.45, 7) is 5.04. The molecule has 0 radical (unpaired) electrons. The lowest BCUT2D eigenvalue weighted by Crippen LogP contribution is -2.33. The summed E-state index contributed by atoms with van der Waals surface area (Å²) in [6.07, 6.45) is 15.7. The first-order valence-corrected chi connectivity index (χ1v) is 15.7. The molecule has 0 unspecified atom stereocenters. The summed E-state index contributed by atoms with van der Waals surface area (Å²) in [4.78, 5) is 16.8. The first-order valence-electron chi connectivity index (χ1n) is 15.7. The minimum absolute atomic E-state index is 0.160. The zero-order chi connectivity index (χ0) is 28.0. The molecule has 41 heavy (non-hydrogen) atoms. The number of benzene rings is 1. The van der Waals surface area contributed by atoms with Crippen LogP contribution in [0, 0.1) is 17.6 Å². The molecule has 2 N–H and O–H groups in total. The first kappa shape index (κ1) is 28.3. The highest BCUT2D eigenvalue weighted by Gasteiger charge is 2.28. The number of ether oxygens (including phenoxy) is 1. The Balaban J connectivity index is 1.16. The van der Waals surface area contributed by atoms with Gasteiger partial charge in [0.25, 0.3) is 0 Å². The third-order valence-corrected chi connectivity index (χ3v) is 9.08. The number of halogens is 2. The average Bonchev–Trinajstić information content (AvgIpc) is 3.35. The first-order chi connectivity index (χ1) is 20.1. The van der Waals surface area contributed by atoms with Crippen molar-refractivity contribution in [3.8, 4) is 0 Å². The smallest absolute Gasteiger partial charge is 0.224 e.